The molecule has 0 bridgehead atoms. The van der Waals surface area contributed by atoms with Crippen LogP contribution < -0.4 is 5.32 Å². The molecule has 140 valence electrons. The number of carboxylic acid groups (broad SMARTS) is 1. The summed E-state index contributed by atoms with van der Waals surface area (Å²) < 4.78 is 11.1. The van der Waals surface area contributed by atoms with Gasteiger partial charge in [-0.25, -0.2) is 9.59 Å². The lowest BCUT2D eigenvalue weighted by Crippen LogP contribution is -2.48. The van der Waals surface area contributed by atoms with Crippen LogP contribution in [0.5, 0.6) is 0 Å². The molecule has 0 radical (unpaired) electrons. The number of amides is 1. The summed E-state index contributed by atoms with van der Waals surface area (Å²) in [5, 5.41) is 11.3. The Bertz CT molecular complexity index is 476. The normalized spacial score (nSPS) is 14.0. The van der Waals surface area contributed by atoms with Gasteiger partial charge in [-0.2, -0.15) is 0 Å². The van der Waals surface area contributed by atoms with Crippen LogP contribution >= 0.6 is 0 Å². The summed E-state index contributed by atoms with van der Waals surface area (Å²) >= 11 is 0. The van der Waals surface area contributed by atoms with Crippen molar-refractivity contribution in [3.8, 4) is 0 Å². The zero-order chi connectivity index (χ0) is 19.3. The second-order valence-electron chi connectivity index (χ2n) is 8.35. The number of ether oxygens (including phenoxy) is 1. The van der Waals surface area contributed by atoms with Crippen LogP contribution in [0.3, 0.4) is 0 Å². The Labute approximate surface area is 145 Å². The van der Waals surface area contributed by atoms with Crippen LogP contribution in [0.15, 0.2) is 0 Å². The number of aliphatic carboxylic acids is 1. The molecule has 0 rings (SSSR count). The second-order valence-corrected chi connectivity index (χ2v) is 13.2. The van der Waals surface area contributed by atoms with Gasteiger partial charge in [0, 0.05) is 6.42 Å². The first-order chi connectivity index (χ1) is 10.5. The maximum Gasteiger partial charge on any atom is 0.407 e. The van der Waals surface area contributed by atoms with Crippen molar-refractivity contribution in [1.29, 1.82) is 0 Å². The van der Waals surface area contributed by atoms with Gasteiger partial charge in [0.05, 0.1) is 12.6 Å². The second kappa shape index (κ2) is 8.11. The Balaban J connectivity index is 4.98. The highest BCUT2D eigenvalue weighted by Gasteiger charge is 2.38. The van der Waals surface area contributed by atoms with E-state index in [1.807, 2.05) is 13.1 Å². The van der Waals surface area contributed by atoms with Crippen molar-refractivity contribution >= 4 is 26.2 Å². The van der Waals surface area contributed by atoms with Crippen molar-refractivity contribution < 1.29 is 28.7 Å². The number of hydrogen-bond acceptors (Lipinski definition) is 5. The van der Waals surface area contributed by atoms with Gasteiger partial charge in [-0.3, -0.25) is 4.79 Å². The molecular weight excluding hydrogens is 330 g/mol. The molecule has 0 spiro atoms. The Morgan fingerprint density at radius 2 is 1.58 bits per heavy atom. The monoisotopic (exact) mass is 361 g/mol. The van der Waals surface area contributed by atoms with E-state index in [4.69, 9.17) is 14.3 Å². The molecule has 0 aromatic rings. The zero-order valence-corrected chi connectivity index (χ0v) is 17.0. The molecule has 0 aliphatic carbocycles. The largest absolute Gasteiger partial charge is 0.476 e. The Hall–Kier alpha value is -1.41. The quantitative estimate of drug-likeness (QED) is 0.534. The molecule has 8 heteroatoms. The summed E-state index contributed by atoms with van der Waals surface area (Å²) in [7, 11) is -2.09. The zero-order valence-electron chi connectivity index (χ0n) is 16.0. The number of ketones is 1. The van der Waals surface area contributed by atoms with Crippen LogP contribution in [0.4, 0.5) is 4.79 Å². The van der Waals surface area contributed by atoms with Crippen molar-refractivity contribution in [2.75, 3.05) is 6.61 Å². The highest BCUT2D eigenvalue weighted by molar-refractivity contribution is 6.74. The summed E-state index contributed by atoms with van der Waals surface area (Å²) in [6, 6.07) is -0.752. The van der Waals surface area contributed by atoms with E-state index in [0.29, 0.717) is 0 Å². The molecule has 0 saturated heterocycles. The highest BCUT2D eigenvalue weighted by atomic mass is 28.4. The fourth-order valence-electron chi connectivity index (χ4n) is 1.46. The van der Waals surface area contributed by atoms with E-state index < -0.39 is 37.8 Å². The minimum atomic E-state index is -2.09. The maximum absolute atomic E-state index is 11.9. The van der Waals surface area contributed by atoms with Crippen LogP contribution in [-0.2, 0) is 18.8 Å². The van der Waals surface area contributed by atoms with Crippen molar-refractivity contribution in [3.63, 3.8) is 0 Å². The molecule has 7 nitrogen and oxygen atoms in total. The predicted octanol–water partition coefficient (Wildman–Crippen LogP) is 2.95. The molecule has 0 aromatic carbocycles. The van der Waals surface area contributed by atoms with E-state index in [1.54, 1.807) is 20.8 Å². The summed E-state index contributed by atoms with van der Waals surface area (Å²) in [6.45, 7) is 15.5. The number of Topliss-reactive ketones (excluding diaryl/α,β-unsaturated/α-hetero) is 1. The SMILES string of the molecule is CC(C)(C)OC(=O)NC(CO[Si](C)(C)C(C)(C)C)CC(=O)C(=O)O. The summed E-state index contributed by atoms with van der Waals surface area (Å²) in [4.78, 5) is 34.2. The summed E-state index contributed by atoms with van der Waals surface area (Å²) in [5.74, 6) is -2.51. The van der Waals surface area contributed by atoms with Crippen molar-refractivity contribution in [1.82, 2.24) is 5.32 Å². The fraction of sp³-hybridized carbons (Fsp3) is 0.812. The van der Waals surface area contributed by atoms with E-state index in [9.17, 15) is 14.4 Å². The lowest BCUT2D eigenvalue weighted by atomic mass is 10.1. The van der Waals surface area contributed by atoms with Crippen molar-refractivity contribution in [2.24, 2.45) is 0 Å². The smallest absolute Gasteiger partial charge is 0.407 e. The minimum Gasteiger partial charge on any atom is -0.476 e. The van der Waals surface area contributed by atoms with Gasteiger partial charge < -0.3 is 19.6 Å². The van der Waals surface area contributed by atoms with Gasteiger partial charge in [0.1, 0.15) is 5.60 Å². The van der Waals surface area contributed by atoms with E-state index in [0.717, 1.165) is 0 Å². The van der Waals surface area contributed by atoms with Gasteiger partial charge >= 0.3 is 12.1 Å². The van der Waals surface area contributed by atoms with Crippen LogP contribution in [0.2, 0.25) is 18.1 Å². The van der Waals surface area contributed by atoms with Gasteiger partial charge in [-0.05, 0) is 38.9 Å². The lowest BCUT2D eigenvalue weighted by Gasteiger charge is -2.37. The van der Waals surface area contributed by atoms with Crippen LogP contribution in [0, 0.1) is 0 Å². The van der Waals surface area contributed by atoms with Crippen molar-refractivity contribution in [2.45, 2.75) is 77.7 Å². The Kier molecular flexibility index (Phi) is 7.63. The topological polar surface area (TPSA) is 102 Å². The highest BCUT2D eigenvalue weighted by Crippen LogP contribution is 2.36. The van der Waals surface area contributed by atoms with Gasteiger partial charge in [-0.15, -0.1) is 0 Å². The molecule has 1 atom stereocenters. The third-order valence-electron chi connectivity index (χ3n) is 3.84. The maximum atomic E-state index is 11.9. The fourth-order valence-corrected chi connectivity index (χ4v) is 2.51. The molecule has 24 heavy (non-hydrogen) atoms. The molecular formula is C16H31NO6Si. The number of hydrogen-bond donors (Lipinski definition) is 2. The average molecular weight is 362 g/mol. The van der Waals surface area contributed by atoms with E-state index in [2.05, 4.69) is 26.1 Å². The molecule has 2 N–H and O–H groups in total. The molecule has 0 aliphatic heterocycles. The number of carboxylic acids is 1. The van der Waals surface area contributed by atoms with Gasteiger partial charge in [0.25, 0.3) is 0 Å². The minimum absolute atomic E-state index is 0.0414. The van der Waals surface area contributed by atoms with E-state index in [-0.39, 0.29) is 18.1 Å². The third-order valence-corrected chi connectivity index (χ3v) is 8.34. The first-order valence-electron chi connectivity index (χ1n) is 7.95. The standard InChI is InChI=1S/C16H31NO6Si/c1-15(2,3)23-14(21)17-11(9-12(18)13(19)20)10-22-24(7,8)16(4,5)6/h11H,9-10H2,1-8H3,(H,17,21)(H,19,20). The van der Waals surface area contributed by atoms with Gasteiger partial charge in [-0.1, -0.05) is 20.8 Å². The van der Waals surface area contributed by atoms with Crippen LogP contribution in [-0.4, -0.2) is 49.5 Å². The van der Waals surface area contributed by atoms with Gasteiger partial charge in [0.2, 0.25) is 5.78 Å². The van der Waals surface area contributed by atoms with Crippen molar-refractivity contribution in [3.05, 3.63) is 0 Å². The van der Waals surface area contributed by atoms with Gasteiger partial charge in [0.15, 0.2) is 8.32 Å². The molecule has 1 unspecified atom stereocenters. The first kappa shape index (κ1) is 22.6. The molecule has 0 heterocycles. The number of carbonyl (C=O) groups is 3. The molecule has 0 saturated carbocycles. The van der Waals surface area contributed by atoms with E-state index >= 15 is 0 Å². The number of rotatable bonds is 7. The third kappa shape index (κ3) is 8.44. The lowest BCUT2D eigenvalue weighted by molar-refractivity contribution is -0.149. The number of nitrogens with one attached hydrogen (secondary N) is 1. The molecule has 0 aromatic heterocycles. The predicted molar refractivity (Wildman–Crippen MR) is 93.6 cm³/mol. The number of carbonyl (C=O) groups excluding carboxylic acids is 2. The molecule has 0 aliphatic rings. The molecule has 1 amide bonds. The van der Waals surface area contributed by atoms with Crippen LogP contribution in [0.1, 0.15) is 48.0 Å². The van der Waals surface area contributed by atoms with Crippen LogP contribution in [0.25, 0.3) is 0 Å². The summed E-state index contributed by atoms with van der Waals surface area (Å²) in [5.41, 5.74) is -0.689. The summed E-state index contributed by atoms with van der Waals surface area (Å²) in [6.07, 6.45) is -1.05. The average Bonchev–Trinajstić information content (AvgIpc) is 2.31. The van der Waals surface area contributed by atoms with E-state index in [1.165, 1.54) is 0 Å². The number of alkyl carbamates (subject to hydrolysis) is 1. The Morgan fingerprint density at radius 1 is 1.08 bits per heavy atom. The Morgan fingerprint density at radius 3 is 1.96 bits per heavy atom. The molecule has 0 fully saturated rings. The first-order valence-corrected chi connectivity index (χ1v) is 10.9.